The van der Waals surface area contributed by atoms with Gasteiger partial charge in [-0.25, -0.2) is 4.39 Å². The van der Waals surface area contributed by atoms with E-state index in [1.165, 1.54) is 11.6 Å². The first-order valence-electron chi connectivity index (χ1n) is 15.4. The molecule has 2 saturated heterocycles. The van der Waals surface area contributed by atoms with E-state index in [1.54, 1.807) is 6.07 Å². The molecule has 2 aliphatic rings. The molecule has 4 N–H and O–H groups in total. The third-order valence-electron chi connectivity index (χ3n) is 8.88. The van der Waals surface area contributed by atoms with Crippen LogP contribution in [-0.2, 0) is 17.8 Å². The van der Waals surface area contributed by atoms with Crippen molar-refractivity contribution in [1.29, 1.82) is 0 Å². The van der Waals surface area contributed by atoms with Crippen molar-refractivity contribution in [2.45, 2.75) is 38.8 Å². The number of ether oxygens (including phenoxy) is 1. The van der Waals surface area contributed by atoms with Gasteiger partial charge in [-0.15, -0.1) is 17.0 Å². The van der Waals surface area contributed by atoms with Crippen LogP contribution in [0.1, 0.15) is 30.9 Å². The lowest BCUT2D eigenvalue weighted by Gasteiger charge is -2.39. The van der Waals surface area contributed by atoms with Crippen molar-refractivity contribution >= 4 is 40.2 Å². The maximum absolute atomic E-state index is 14.5. The van der Waals surface area contributed by atoms with Gasteiger partial charge in [0.15, 0.2) is 0 Å². The van der Waals surface area contributed by atoms with Crippen LogP contribution in [0.2, 0.25) is 5.02 Å². The van der Waals surface area contributed by atoms with E-state index in [0.29, 0.717) is 50.6 Å². The zero-order chi connectivity index (χ0) is 30.3. The Kier molecular flexibility index (Phi) is 12.5. The van der Waals surface area contributed by atoms with Crippen LogP contribution < -0.4 is 16.2 Å². The fraction of sp³-hybridized carbons (Fsp3) is 0.441. The molecule has 0 unspecified atom stereocenters. The second-order valence-corrected chi connectivity index (χ2v) is 12.0. The average molecular weight is 689 g/mol. The number of para-hydroxylation sites is 1. The molecular formula is C34H44BrClFN5O2. The molecule has 3 aromatic carbocycles. The first kappa shape index (κ1) is 34.2. The lowest BCUT2D eigenvalue weighted by molar-refractivity contribution is -0.136. The summed E-state index contributed by atoms with van der Waals surface area (Å²) in [5.74, 6) is 0.526. The maximum atomic E-state index is 14.5. The number of anilines is 1. The number of likely N-dealkylation sites (tertiary alicyclic amines) is 1. The van der Waals surface area contributed by atoms with E-state index in [1.807, 2.05) is 54.3 Å². The number of hydrogen-bond donors (Lipinski definition) is 2. The molecule has 0 radical (unpaired) electrons. The van der Waals surface area contributed by atoms with Gasteiger partial charge in [0.05, 0.1) is 12.6 Å². The van der Waals surface area contributed by atoms with E-state index < -0.39 is 6.04 Å². The van der Waals surface area contributed by atoms with Crippen LogP contribution in [0, 0.1) is 11.7 Å². The fourth-order valence-corrected chi connectivity index (χ4v) is 6.53. The Labute approximate surface area is 276 Å². The number of benzene rings is 3. The molecule has 2 heterocycles. The van der Waals surface area contributed by atoms with E-state index in [2.05, 4.69) is 15.9 Å². The van der Waals surface area contributed by atoms with E-state index in [4.69, 9.17) is 27.8 Å². The van der Waals surface area contributed by atoms with E-state index in [0.717, 1.165) is 60.7 Å². The number of rotatable bonds is 10. The Balaban J connectivity index is 0.00000442. The Morgan fingerprint density at radius 2 is 1.70 bits per heavy atom. The van der Waals surface area contributed by atoms with Crippen LogP contribution in [0.4, 0.5) is 10.1 Å². The van der Waals surface area contributed by atoms with Gasteiger partial charge in [-0.2, -0.15) is 0 Å². The average Bonchev–Trinajstić information content (AvgIpc) is 3.02. The molecule has 238 valence electrons. The van der Waals surface area contributed by atoms with E-state index in [-0.39, 0.29) is 34.6 Å². The number of nitrogens with zero attached hydrogens (tertiary/aromatic N) is 3. The van der Waals surface area contributed by atoms with E-state index >= 15 is 0 Å². The number of piperazine rings is 1. The Hall–Kier alpha value is -2.69. The lowest BCUT2D eigenvalue weighted by atomic mass is 9.88. The highest BCUT2D eigenvalue weighted by molar-refractivity contribution is 8.93. The zero-order valence-corrected chi connectivity index (χ0v) is 27.9. The van der Waals surface area contributed by atoms with Gasteiger partial charge in [-0.1, -0.05) is 41.9 Å². The minimum atomic E-state index is -0.495. The van der Waals surface area contributed by atoms with Gasteiger partial charge in [0.25, 0.3) is 0 Å². The van der Waals surface area contributed by atoms with Crippen LogP contribution in [0.5, 0.6) is 5.75 Å². The number of carbonyl (C=O) groups excluding carboxylic acids is 1. The van der Waals surface area contributed by atoms with Gasteiger partial charge >= 0.3 is 0 Å². The molecule has 3 aromatic rings. The van der Waals surface area contributed by atoms with Gasteiger partial charge in [0.2, 0.25) is 5.91 Å². The number of carbonyl (C=O) groups is 1. The summed E-state index contributed by atoms with van der Waals surface area (Å²) in [6.45, 7) is 8.12. The van der Waals surface area contributed by atoms with Crippen molar-refractivity contribution in [2.75, 3.05) is 58.2 Å². The van der Waals surface area contributed by atoms with Crippen LogP contribution in [0.15, 0.2) is 60.7 Å². The molecule has 0 saturated carbocycles. The smallest absolute Gasteiger partial charge is 0.239 e. The number of hydrogen-bond acceptors (Lipinski definition) is 6. The molecule has 0 spiro atoms. The summed E-state index contributed by atoms with van der Waals surface area (Å²) >= 11 is 6.36. The summed E-state index contributed by atoms with van der Waals surface area (Å²) < 4.78 is 20.2. The van der Waals surface area contributed by atoms with E-state index in [9.17, 15) is 9.18 Å². The largest absolute Gasteiger partial charge is 0.493 e. The highest BCUT2D eigenvalue weighted by Gasteiger charge is 2.33. The van der Waals surface area contributed by atoms with Crippen LogP contribution in [0.25, 0.3) is 11.1 Å². The topological polar surface area (TPSA) is 88.1 Å². The molecule has 7 nitrogen and oxygen atoms in total. The molecule has 44 heavy (non-hydrogen) atoms. The number of amides is 1. The summed E-state index contributed by atoms with van der Waals surface area (Å²) in [5, 5.41) is 0.722. The first-order valence-corrected chi connectivity index (χ1v) is 15.7. The molecule has 5 rings (SSSR count). The third-order valence-corrected chi connectivity index (χ3v) is 9.12. The monoisotopic (exact) mass is 687 g/mol. The Morgan fingerprint density at radius 3 is 2.41 bits per heavy atom. The van der Waals surface area contributed by atoms with Crippen molar-refractivity contribution in [3.8, 4) is 16.9 Å². The first-order chi connectivity index (χ1) is 20.8. The molecular weight excluding hydrogens is 645 g/mol. The highest BCUT2D eigenvalue weighted by atomic mass is 79.9. The molecule has 2 aliphatic heterocycles. The maximum Gasteiger partial charge on any atom is 0.239 e. The normalized spacial score (nSPS) is 17.2. The predicted octanol–water partition coefficient (Wildman–Crippen LogP) is 5.63. The van der Waals surface area contributed by atoms with Crippen LogP contribution >= 0.6 is 28.6 Å². The predicted molar refractivity (Wildman–Crippen MR) is 182 cm³/mol. The molecule has 1 amide bonds. The standard InChI is InChI=1S/C34H43ClFN5O2.BrH/c1-2-43-32-9-5-7-30(36)29(32)23-40-18-20-41(21-19-40)34(42)33(38)24-12-15-39(16-13-24)17-14-25-22-26(35)10-11-27(25)28-6-3-4-8-31(28)37;/h3-11,22,24,33H,2,12-21,23,37-38H2,1H3;1H/t33-;/m1./s1. The van der Waals surface area contributed by atoms with Crippen molar-refractivity contribution in [1.82, 2.24) is 14.7 Å². The van der Waals surface area contributed by atoms with Crippen LogP contribution in [0.3, 0.4) is 0 Å². The molecule has 0 bridgehead atoms. The fourth-order valence-electron chi connectivity index (χ4n) is 6.33. The lowest BCUT2D eigenvalue weighted by Crippen LogP contribution is -2.55. The van der Waals surface area contributed by atoms with Gasteiger partial charge in [0.1, 0.15) is 11.6 Å². The molecule has 1 atom stereocenters. The van der Waals surface area contributed by atoms with Gasteiger partial charge in [-0.05, 0) is 86.7 Å². The summed E-state index contributed by atoms with van der Waals surface area (Å²) in [5.41, 5.74) is 17.5. The summed E-state index contributed by atoms with van der Waals surface area (Å²) in [7, 11) is 0. The molecule has 0 aromatic heterocycles. The number of halogens is 3. The quantitative estimate of drug-likeness (QED) is 0.269. The van der Waals surface area contributed by atoms with Gasteiger partial charge in [-0.3, -0.25) is 9.69 Å². The molecule has 10 heteroatoms. The molecule has 2 fully saturated rings. The second kappa shape index (κ2) is 16.0. The van der Waals surface area contributed by atoms with Gasteiger partial charge < -0.3 is 26.0 Å². The number of nitrogens with two attached hydrogens (primary N) is 2. The zero-order valence-electron chi connectivity index (χ0n) is 25.4. The van der Waals surface area contributed by atoms with Crippen LogP contribution in [-0.4, -0.2) is 79.1 Å². The number of piperidine rings is 1. The molecule has 0 aliphatic carbocycles. The van der Waals surface area contributed by atoms with Crippen molar-refractivity contribution in [2.24, 2.45) is 11.7 Å². The van der Waals surface area contributed by atoms with Crippen molar-refractivity contribution in [3.63, 3.8) is 0 Å². The highest BCUT2D eigenvalue weighted by Crippen LogP contribution is 2.32. The SMILES string of the molecule is Br.CCOc1cccc(F)c1CN1CCN(C(=O)[C@H](N)C2CCN(CCc3cc(Cl)ccc3-c3ccccc3N)CC2)CC1. The van der Waals surface area contributed by atoms with Crippen molar-refractivity contribution in [3.05, 3.63) is 82.6 Å². The minimum absolute atomic E-state index is 0. The number of nitrogen functional groups attached to an aromatic ring is 1. The summed E-state index contributed by atoms with van der Waals surface area (Å²) in [6, 6.07) is 18.4. The summed E-state index contributed by atoms with van der Waals surface area (Å²) in [4.78, 5) is 19.9. The Bertz CT molecular complexity index is 1400. The summed E-state index contributed by atoms with van der Waals surface area (Å²) in [6.07, 6.45) is 2.66. The van der Waals surface area contributed by atoms with Gasteiger partial charge in [0, 0.05) is 61.1 Å². The second-order valence-electron chi connectivity index (χ2n) is 11.6. The minimum Gasteiger partial charge on any atom is -0.493 e. The third kappa shape index (κ3) is 8.31. The Morgan fingerprint density at radius 1 is 0.977 bits per heavy atom. The van der Waals surface area contributed by atoms with Crippen molar-refractivity contribution < 1.29 is 13.9 Å².